The lowest BCUT2D eigenvalue weighted by Crippen LogP contribution is -2.46. The first kappa shape index (κ1) is 21.1. The Morgan fingerprint density at radius 3 is 2.36 bits per heavy atom. The summed E-state index contributed by atoms with van der Waals surface area (Å²) in [6, 6.07) is 17.4. The van der Waals surface area contributed by atoms with Gasteiger partial charge in [0.15, 0.2) is 5.13 Å². The highest BCUT2D eigenvalue weighted by molar-refractivity contribution is 7.14. The predicted octanol–water partition coefficient (Wildman–Crippen LogP) is 4.85. The molecule has 1 fully saturated rings. The van der Waals surface area contributed by atoms with Gasteiger partial charge in [-0.3, -0.25) is 10.1 Å². The van der Waals surface area contributed by atoms with E-state index in [1.807, 2.05) is 50.2 Å². The summed E-state index contributed by atoms with van der Waals surface area (Å²) in [5.41, 5.74) is 5.35. The molecule has 4 aromatic rings. The van der Waals surface area contributed by atoms with E-state index in [9.17, 15) is 10.1 Å². The molecule has 9 heteroatoms. The van der Waals surface area contributed by atoms with Crippen LogP contribution in [0.1, 0.15) is 11.4 Å². The molecule has 0 radical (unpaired) electrons. The van der Waals surface area contributed by atoms with Gasteiger partial charge in [0.1, 0.15) is 5.69 Å². The largest absolute Gasteiger partial charge is 0.368 e. The SMILES string of the molecule is Cc1cc(C)n(-c2cc(N3CCN(c4nc(-c5ccccc5)cs4)CC3)ccc2[N+](=O)[O-])n1. The second kappa shape index (κ2) is 8.67. The maximum atomic E-state index is 11.6. The lowest BCUT2D eigenvalue weighted by Gasteiger charge is -2.36. The molecule has 0 unspecified atom stereocenters. The van der Waals surface area contributed by atoms with E-state index in [0.717, 1.165) is 59.6 Å². The molecular formula is C24H24N6O2S. The van der Waals surface area contributed by atoms with Crippen molar-refractivity contribution in [1.29, 1.82) is 0 Å². The minimum absolute atomic E-state index is 0.0554. The lowest BCUT2D eigenvalue weighted by molar-refractivity contribution is -0.384. The third-order valence-electron chi connectivity index (χ3n) is 5.87. The monoisotopic (exact) mass is 460 g/mol. The topological polar surface area (TPSA) is 80.3 Å². The van der Waals surface area contributed by atoms with Crippen molar-refractivity contribution >= 4 is 27.8 Å². The average Bonchev–Trinajstić information content (AvgIpc) is 3.46. The fraction of sp³-hybridized carbons (Fsp3) is 0.250. The standard InChI is InChI=1S/C24H24N6O2S/c1-17-14-18(2)29(26-17)23-15-20(8-9-22(23)30(31)32)27-10-12-28(13-11-27)24-25-21(16-33-24)19-6-4-3-5-7-19/h3-9,14-16H,10-13H2,1-2H3. The van der Waals surface area contributed by atoms with Crippen molar-refractivity contribution in [3.63, 3.8) is 0 Å². The Bertz CT molecular complexity index is 1290. The van der Waals surface area contributed by atoms with E-state index in [1.165, 1.54) is 0 Å². The number of thiazole rings is 1. The van der Waals surface area contributed by atoms with Gasteiger partial charge in [-0.25, -0.2) is 9.67 Å². The smallest absolute Gasteiger partial charge is 0.295 e. The molecule has 0 bridgehead atoms. The molecule has 0 saturated carbocycles. The van der Waals surface area contributed by atoms with Gasteiger partial charge in [0.2, 0.25) is 0 Å². The summed E-state index contributed by atoms with van der Waals surface area (Å²) in [5.74, 6) is 0. The van der Waals surface area contributed by atoms with Crippen LogP contribution in [0.5, 0.6) is 0 Å². The number of anilines is 2. The lowest BCUT2D eigenvalue weighted by atomic mass is 10.2. The van der Waals surface area contributed by atoms with E-state index >= 15 is 0 Å². The van der Waals surface area contributed by atoms with Crippen LogP contribution in [0.25, 0.3) is 16.9 Å². The number of benzene rings is 2. The van der Waals surface area contributed by atoms with Gasteiger partial charge in [0.05, 0.1) is 16.3 Å². The first-order chi connectivity index (χ1) is 16.0. The molecule has 2 aromatic carbocycles. The number of nitro groups is 1. The van der Waals surface area contributed by atoms with Crippen molar-refractivity contribution in [1.82, 2.24) is 14.8 Å². The number of aromatic nitrogens is 3. The minimum Gasteiger partial charge on any atom is -0.368 e. The summed E-state index contributed by atoms with van der Waals surface area (Å²) in [4.78, 5) is 20.7. The summed E-state index contributed by atoms with van der Waals surface area (Å²) in [6.45, 7) is 7.11. The van der Waals surface area contributed by atoms with E-state index in [2.05, 4.69) is 32.4 Å². The zero-order valence-electron chi connectivity index (χ0n) is 18.5. The van der Waals surface area contributed by atoms with E-state index < -0.39 is 0 Å². The van der Waals surface area contributed by atoms with Gasteiger partial charge in [-0.15, -0.1) is 11.3 Å². The molecule has 2 aromatic heterocycles. The first-order valence-corrected chi connectivity index (χ1v) is 11.7. The maximum absolute atomic E-state index is 11.6. The molecule has 0 spiro atoms. The Kier molecular flexibility index (Phi) is 5.55. The molecule has 3 heterocycles. The summed E-state index contributed by atoms with van der Waals surface area (Å²) in [5, 5.41) is 19.2. The second-order valence-corrected chi connectivity index (χ2v) is 8.96. The van der Waals surface area contributed by atoms with Crippen LogP contribution in [0.2, 0.25) is 0 Å². The van der Waals surface area contributed by atoms with Gasteiger partial charge in [0, 0.05) is 54.6 Å². The third-order valence-corrected chi connectivity index (χ3v) is 6.77. The highest BCUT2D eigenvalue weighted by atomic mass is 32.1. The molecular weight excluding hydrogens is 436 g/mol. The zero-order chi connectivity index (χ0) is 22.9. The van der Waals surface area contributed by atoms with Gasteiger partial charge >= 0.3 is 0 Å². The molecule has 0 amide bonds. The van der Waals surface area contributed by atoms with Crippen LogP contribution in [-0.4, -0.2) is 45.9 Å². The normalized spacial score (nSPS) is 14.0. The first-order valence-electron chi connectivity index (χ1n) is 10.8. The zero-order valence-corrected chi connectivity index (χ0v) is 19.3. The summed E-state index contributed by atoms with van der Waals surface area (Å²) < 4.78 is 1.66. The van der Waals surface area contributed by atoms with Gasteiger partial charge in [-0.1, -0.05) is 30.3 Å². The van der Waals surface area contributed by atoms with Crippen molar-refractivity contribution < 1.29 is 4.92 Å². The van der Waals surface area contributed by atoms with Crippen LogP contribution < -0.4 is 9.80 Å². The minimum atomic E-state index is -0.347. The van der Waals surface area contributed by atoms with E-state index in [0.29, 0.717) is 5.69 Å². The number of nitro benzene ring substituents is 1. The predicted molar refractivity (Wildman–Crippen MR) is 132 cm³/mol. The Morgan fingerprint density at radius 2 is 1.70 bits per heavy atom. The fourth-order valence-electron chi connectivity index (χ4n) is 4.21. The molecule has 5 rings (SSSR count). The molecule has 1 aliphatic heterocycles. The molecule has 1 saturated heterocycles. The summed E-state index contributed by atoms with van der Waals surface area (Å²) in [6.07, 6.45) is 0. The summed E-state index contributed by atoms with van der Waals surface area (Å²) >= 11 is 1.67. The Hall–Kier alpha value is -3.72. The third kappa shape index (κ3) is 4.19. The highest BCUT2D eigenvalue weighted by Gasteiger charge is 2.24. The maximum Gasteiger partial charge on any atom is 0.295 e. The quantitative estimate of drug-likeness (QED) is 0.313. The van der Waals surface area contributed by atoms with E-state index in [4.69, 9.17) is 4.98 Å². The van der Waals surface area contributed by atoms with Gasteiger partial charge < -0.3 is 9.80 Å². The molecule has 33 heavy (non-hydrogen) atoms. The Balaban J connectivity index is 1.34. The number of hydrogen-bond acceptors (Lipinski definition) is 7. The molecule has 0 aliphatic carbocycles. The average molecular weight is 461 g/mol. The number of rotatable bonds is 5. The number of piperazine rings is 1. The fourth-order valence-corrected chi connectivity index (χ4v) is 5.10. The molecule has 0 atom stereocenters. The highest BCUT2D eigenvalue weighted by Crippen LogP contribution is 2.31. The molecule has 8 nitrogen and oxygen atoms in total. The van der Waals surface area contributed by atoms with Crippen LogP contribution in [0.4, 0.5) is 16.5 Å². The van der Waals surface area contributed by atoms with Crippen LogP contribution in [0.3, 0.4) is 0 Å². The number of nitrogens with zero attached hydrogens (tertiary/aromatic N) is 6. The van der Waals surface area contributed by atoms with Crippen LogP contribution in [0, 0.1) is 24.0 Å². The van der Waals surface area contributed by atoms with Crippen LogP contribution in [0.15, 0.2) is 60.0 Å². The van der Waals surface area contributed by atoms with Crippen LogP contribution in [-0.2, 0) is 0 Å². The van der Waals surface area contributed by atoms with Crippen molar-refractivity contribution in [2.45, 2.75) is 13.8 Å². The van der Waals surface area contributed by atoms with Crippen molar-refractivity contribution in [3.05, 3.63) is 81.5 Å². The molecule has 168 valence electrons. The molecule has 1 aliphatic rings. The van der Waals surface area contributed by atoms with Crippen molar-refractivity contribution in [2.75, 3.05) is 36.0 Å². The van der Waals surface area contributed by atoms with Gasteiger partial charge in [0.25, 0.3) is 5.69 Å². The Morgan fingerprint density at radius 1 is 0.970 bits per heavy atom. The van der Waals surface area contributed by atoms with E-state index in [-0.39, 0.29) is 10.6 Å². The second-order valence-electron chi connectivity index (χ2n) is 8.12. The number of hydrogen-bond donors (Lipinski definition) is 0. The van der Waals surface area contributed by atoms with Gasteiger partial charge in [-0.2, -0.15) is 5.10 Å². The van der Waals surface area contributed by atoms with Gasteiger partial charge in [-0.05, 0) is 32.0 Å². The Labute approximate surface area is 195 Å². The summed E-state index contributed by atoms with van der Waals surface area (Å²) in [7, 11) is 0. The molecule has 0 N–H and O–H groups in total. The van der Waals surface area contributed by atoms with Crippen LogP contribution >= 0.6 is 11.3 Å². The number of aryl methyl sites for hydroxylation is 2. The van der Waals surface area contributed by atoms with Crippen molar-refractivity contribution in [3.8, 4) is 16.9 Å². The van der Waals surface area contributed by atoms with Crippen molar-refractivity contribution in [2.24, 2.45) is 0 Å². The van der Waals surface area contributed by atoms with E-state index in [1.54, 1.807) is 22.1 Å².